The van der Waals surface area contributed by atoms with Gasteiger partial charge in [-0.05, 0) is 24.5 Å². The number of hydrogen-bond donors (Lipinski definition) is 1. The summed E-state index contributed by atoms with van der Waals surface area (Å²) >= 11 is 0. The minimum absolute atomic E-state index is 0.0125. The van der Waals surface area contributed by atoms with Gasteiger partial charge >= 0.3 is 5.69 Å². The highest BCUT2D eigenvalue weighted by Gasteiger charge is 2.28. The molecule has 1 aromatic rings. The van der Waals surface area contributed by atoms with Crippen molar-refractivity contribution in [3.63, 3.8) is 0 Å². The van der Waals surface area contributed by atoms with Crippen LogP contribution in [-0.2, 0) is 4.74 Å². The average Bonchev–Trinajstić information content (AvgIpc) is 2.93. The summed E-state index contributed by atoms with van der Waals surface area (Å²) < 4.78 is 5.72. The number of nitrogens with zero attached hydrogens (tertiary/aromatic N) is 2. The molecule has 1 aromatic carbocycles. The molecule has 1 saturated heterocycles. The predicted molar refractivity (Wildman–Crippen MR) is 79.9 cm³/mol. The molecule has 1 atom stereocenters. The van der Waals surface area contributed by atoms with Crippen LogP contribution < -0.4 is 0 Å². The second-order valence-electron chi connectivity index (χ2n) is 5.85. The van der Waals surface area contributed by atoms with Gasteiger partial charge in [0, 0.05) is 31.3 Å². The molecule has 1 N–H and O–H groups in total. The number of nitro groups is 1. The van der Waals surface area contributed by atoms with Crippen LogP contribution in [0.15, 0.2) is 18.2 Å². The van der Waals surface area contributed by atoms with Crippen LogP contribution in [0, 0.1) is 16.0 Å². The summed E-state index contributed by atoms with van der Waals surface area (Å²) in [6.07, 6.45) is 0.775. The van der Waals surface area contributed by atoms with E-state index in [9.17, 15) is 20.0 Å². The summed E-state index contributed by atoms with van der Waals surface area (Å²) in [4.78, 5) is 24.1. The van der Waals surface area contributed by atoms with Gasteiger partial charge in [-0.15, -0.1) is 0 Å². The van der Waals surface area contributed by atoms with Crippen LogP contribution in [0.3, 0.4) is 0 Å². The van der Waals surface area contributed by atoms with E-state index in [-0.39, 0.29) is 17.6 Å². The third-order valence-corrected chi connectivity index (χ3v) is 3.52. The number of nitro benzene ring substituents is 1. The highest BCUT2D eigenvalue weighted by Crippen LogP contribution is 2.27. The molecule has 2 rings (SSSR count). The maximum Gasteiger partial charge on any atom is 0.311 e. The normalized spacial score (nSPS) is 18.0. The standard InChI is InChI=1S/C15H20N2O5/c1-10(2)9-22-12-5-6-16(8-12)15(19)11-3-4-14(18)13(7-11)17(20)21/h3-4,7,10,12,18H,5-6,8-9H2,1-2H3/t12-/m0/s1. The topological polar surface area (TPSA) is 92.9 Å². The van der Waals surface area contributed by atoms with E-state index in [4.69, 9.17) is 4.74 Å². The average molecular weight is 308 g/mol. The molecule has 7 nitrogen and oxygen atoms in total. The van der Waals surface area contributed by atoms with E-state index in [2.05, 4.69) is 13.8 Å². The van der Waals surface area contributed by atoms with Gasteiger partial charge in [0.05, 0.1) is 11.0 Å². The number of carbonyl (C=O) groups is 1. The van der Waals surface area contributed by atoms with Gasteiger partial charge in [0.15, 0.2) is 5.75 Å². The fourth-order valence-corrected chi connectivity index (χ4v) is 2.36. The summed E-state index contributed by atoms with van der Waals surface area (Å²) in [7, 11) is 0. The van der Waals surface area contributed by atoms with Gasteiger partial charge in [-0.1, -0.05) is 13.8 Å². The van der Waals surface area contributed by atoms with E-state index in [0.29, 0.717) is 25.6 Å². The lowest BCUT2D eigenvalue weighted by atomic mass is 10.1. The van der Waals surface area contributed by atoms with Gasteiger partial charge in [-0.3, -0.25) is 14.9 Å². The van der Waals surface area contributed by atoms with Gasteiger partial charge in [-0.2, -0.15) is 0 Å². The molecule has 0 bridgehead atoms. The number of phenolic OH excluding ortho intramolecular Hbond substituents is 1. The van der Waals surface area contributed by atoms with Crippen molar-refractivity contribution >= 4 is 11.6 Å². The van der Waals surface area contributed by atoms with E-state index in [1.54, 1.807) is 4.90 Å². The SMILES string of the molecule is CC(C)CO[C@H]1CCN(C(=O)c2ccc(O)c([N+](=O)[O-])c2)C1. The van der Waals surface area contributed by atoms with Crippen molar-refractivity contribution < 1.29 is 19.6 Å². The summed E-state index contributed by atoms with van der Waals surface area (Å²) in [6, 6.07) is 3.68. The lowest BCUT2D eigenvalue weighted by Gasteiger charge is -2.17. The molecule has 0 saturated carbocycles. The zero-order valence-electron chi connectivity index (χ0n) is 12.7. The molecule has 1 aliphatic rings. The molecule has 1 fully saturated rings. The number of carbonyl (C=O) groups excluding carboxylic acids is 1. The first-order valence-corrected chi connectivity index (χ1v) is 7.26. The van der Waals surface area contributed by atoms with Gasteiger partial charge in [0.1, 0.15) is 0 Å². The molecule has 0 aromatic heterocycles. The number of ether oxygens (including phenoxy) is 1. The zero-order chi connectivity index (χ0) is 16.3. The van der Waals surface area contributed by atoms with Crippen molar-refractivity contribution in [2.45, 2.75) is 26.4 Å². The molecule has 0 unspecified atom stereocenters. The minimum atomic E-state index is -0.704. The fraction of sp³-hybridized carbons (Fsp3) is 0.533. The quantitative estimate of drug-likeness (QED) is 0.665. The highest BCUT2D eigenvalue weighted by molar-refractivity contribution is 5.95. The number of rotatable bonds is 5. The third-order valence-electron chi connectivity index (χ3n) is 3.52. The second kappa shape index (κ2) is 6.74. The monoisotopic (exact) mass is 308 g/mol. The van der Waals surface area contributed by atoms with Crippen molar-refractivity contribution in [1.29, 1.82) is 0 Å². The van der Waals surface area contributed by atoms with Crippen LogP contribution in [0.2, 0.25) is 0 Å². The Bertz CT molecular complexity index is 573. The first-order chi connectivity index (χ1) is 10.4. The minimum Gasteiger partial charge on any atom is -0.502 e. The smallest absolute Gasteiger partial charge is 0.311 e. The van der Waals surface area contributed by atoms with Gasteiger partial charge < -0.3 is 14.7 Å². The largest absolute Gasteiger partial charge is 0.502 e. The fourth-order valence-electron chi connectivity index (χ4n) is 2.36. The molecular formula is C15H20N2O5. The Kier molecular flexibility index (Phi) is 4.97. The third kappa shape index (κ3) is 3.73. The predicted octanol–water partition coefficient (Wildman–Crippen LogP) is 2.19. The van der Waals surface area contributed by atoms with E-state index in [1.165, 1.54) is 12.1 Å². The van der Waals surface area contributed by atoms with Gasteiger partial charge in [0.25, 0.3) is 5.91 Å². The van der Waals surface area contributed by atoms with Crippen LogP contribution in [-0.4, -0.2) is 46.6 Å². The van der Waals surface area contributed by atoms with Crippen LogP contribution >= 0.6 is 0 Å². The van der Waals surface area contributed by atoms with Crippen LogP contribution in [0.1, 0.15) is 30.6 Å². The Labute approximate surface area is 128 Å². The summed E-state index contributed by atoms with van der Waals surface area (Å²) in [5, 5.41) is 20.2. The van der Waals surface area contributed by atoms with E-state index >= 15 is 0 Å². The Morgan fingerprint density at radius 1 is 1.55 bits per heavy atom. The zero-order valence-corrected chi connectivity index (χ0v) is 12.7. The number of phenols is 1. The van der Waals surface area contributed by atoms with Crippen LogP contribution in [0.25, 0.3) is 0 Å². The molecule has 120 valence electrons. The molecule has 1 heterocycles. The Morgan fingerprint density at radius 3 is 2.91 bits per heavy atom. The Balaban J connectivity index is 2.03. The summed E-state index contributed by atoms with van der Waals surface area (Å²) in [5.74, 6) is -0.288. The van der Waals surface area contributed by atoms with Crippen molar-refractivity contribution in [2.75, 3.05) is 19.7 Å². The maximum absolute atomic E-state index is 12.4. The van der Waals surface area contributed by atoms with Crippen LogP contribution in [0.4, 0.5) is 5.69 Å². The number of aromatic hydroxyl groups is 1. The van der Waals surface area contributed by atoms with Gasteiger partial charge in [0.2, 0.25) is 0 Å². The molecule has 1 aliphatic heterocycles. The van der Waals surface area contributed by atoms with E-state index in [0.717, 1.165) is 12.5 Å². The molecule has 22 heavy (non-hydrogen) atoms. The van der Waals surface area contributed by atoms with Crippen molar-refractivity contribution in [2.24, 2.45) is 5.92 Å². The van der Waals surface area contributed by atoms with Crippen molar-refractivity contribution in [3.05, 3.63) is 33.9 Å². The number of hydrogen-bond acceptors (Lipinski definition) is 5. The van der Waals surface area contributed by atoms with Crippen molar-refractivity contribution in [3.8, 4) is 5.75 Å². The van der Waals surface area contributed by atoms with Crippen LogP contribution in [0.5, 0.6) is 5.75 Å². The lowest BCUT2D eigenvalue weighted by Crippen LogP contribution is -2.30. The van der Waals surface area contributed by atoms with Crippen molar-refractivity contribution in [1.82, 2.24) is 4.90 Å². The molecule has 1 amide bonds. The molecule has 0 radical (unpaired) electrons. The molecule has 0 aliphatic carbocycles. The van der Waals surface area contributed by atoms with E-state index in [1.807, 2.05) is 0 Å². The first-order valence-electron chi connectivity index (χ1n) is 7.26. The molecule has 7 heteroatoms. The number of amides is 1. The highest BCUT2D eigenvalue weighted by atomic mass is 16.6. The number of benzene rings is 1. The summed E-state index contributed by atoms with van der Waals surface area (Å²) in [5.41, 5.74) is -0.258. The summed E-state index contributed by atoms with van der Waals surface area (Å²) in [6.45, 7) is 5.83. The Hall–Kier alpha value is -2.15. The number of likely N-dealkylation sites (tertiary alicyclic amines) is 1. The van der Waals surface area contributed by atoms with E-state index < -0.39 is 16.4 Å². The molecule has 0 spiro atoms. The molecular weight excluding hydrogens is 288 g/mol. The van der Waals surface area contributed by atoms with Gasteiger partial charge in [-0.25, -0.2) is 0 Å². The lowest BCUT2D eigenvalue weighted by molar-refractivity contribution is -0.385. The Morgan fingerprint density at radius 2 is 2.27 bits per heavy atom. The first kappa shape index (κ1) is 16.2. The second-order valence-corrected chi connectivity index (χ2v) is 5.85. The maximum atomic E-state index is 12.4.